The highest BCUT2D eigenvalue weighted by atomic mass is 16.6. The van der Waals surface area contributed by atoms with Crippen LogP contribution in [0, 0.1) is 0 Å². The summed E-state index contributed by atoms with van der Waals surface area (Å²) in [5.41, 5.74) is 4.77. The molecule has 32 heavy (non-hydrogen) atoms. The molecule has 0 amide bonds. The van der Waals surface area contributed by atoms with Crippen LogP contribution in [0.25, 0.3) is 22.4 Å². The smallest absolute Gasteiger partial charge is 0.351 e. The molecule has 160 valence electrons. The summed E-state index contributed by atoms with van der Waals surface area (Å²) in [5.74, 6) is 1.32. The molecule has 9 heteroatoms. The van der Waals surface area contributed by atoms with E-state index in [0.717, 1.165) is 28.8 Å². The Morgan fingerprint density at radius 1 is 1.22 bits per heavy atom. The number of nitrogens with zero attached hydrogens (tertiary/aromatic N) is 4. The van der Waals surface area contributed by atoms with Gasteiger partial charge >= 0.3 is 5.69 Å². The number of rotatable bonds is 4. The molecule has 0 saturated heterocycles. The van der Waals surface area contributed by atoms with Crippen LogP contribution in [0.1, 0.15) is 5.56 Å². The van der Waals surface area contributed by atoms with Crippen molar-refractivity contribution in [2.45, 2.75) is 19.1 Å². The Bertz CT molecular complexity index is 1350. The highest BCUT2D eigenvalue weighted by Crippen LogP contribution is 2.33. The monoisotopic (exact) mass is 429 g/mol. The number of hydrogen-bond donors (Lipinski definition) is 1. The predicted octanol–water partition coefficient (Wildman–Crippen LogP) is 2.47. The molecule has 4 aromatic rings. The van der Waals surface area contributed by atoms with E-state index in [4.69, 9.17) is 14.2 Å². The van der Waals surface area contributed by atoms with Gasteiger partial charge in [0.2, 0.25) is 5.88 Å². The van der Waals surface area contributed by atoms with Gasteiger partial charge in [0, 0.05) is 36.1 Å². The number of benzene rings is 1. The van der Waals surface area contributed by atoms with Gasteiger partial charge in [-0.05, 0) is 29.7 Å². The summed E-state index contributed by atoms with van der Waals surface area (Å²) in [6.07, 6.45) is 5.75. The maximum absolute atomic E-state index is 12.7. The molecule has 1 aromatic carbocycles. The quantitative estimate of drug-likeness (QED) is 0.531. The summed E-state index contributed by atoms with van der Waals surface area (Å²) >= 11 is 0. The van der Waals surface area contributed by atoms with Crippen molar-refractivity contribution in [2.75, 3.05) is 13.2 Å². The lowest BCUT2D eigenvalue weighted by Crippen LogP contribution is -2.35. The second-order valence-corrected chi connectivity index (χ2v) is 7.69. The summed E-state index contributed by atoms with van der Waals surface area (Å²) in [7, 11) is 0. The molecule has 0 bridgehead atoms. The normalized spacial score (nSPS) is 16.2. The van der Waals surface area contributed by atoms with Crippen molar-refractivity contribution < 1.29 is 14.2 Å². The number of ether oxygens (including phenoxy) is 3. The van der Waals surface area contributed by atoms with E-state index in [1.807, 2.05) is 24.4 Å². The Kier molecular flexibility index (Phi) is 4.38. The van der Waals surface area contributed by atoms with Gasteiger partial charge in [0.05, 0.1) is 11.9 Å². The molecule has 1 unspecified atom stereocenters. The van der Waals surface area contributed by atoms with E-state index >= 15 is 0 Å². The zero-order chi connectivity index (χ0) is 21.5. The first-order valence-electron chi connectivity index (χ1n) is 10.4. The van der Waals surface area contributed by atoms with Gasteiger partial charge in [0.15, 0.2) is 11.9 Å². The molecule has 2 aliphatic heterocycles. The summed E-state index contributed by atoms with van der Waals surface area (Å²) < 4.78 is 19.0. The summed E-state index contributed by atoms with van der Waals surface area (Å²) in [5, 5.41) is 6.87. The van der Waals surface area contributed by atoms with Crippen LogP contribution in [0.4, 0.5) is 0 Å². The van der Waals surface area contributed by atoms with Crippen molar-refractivity contribution in [3.63, 3.8) is 0 Å². The number of aryl methyl sites for hydroxylation is 1. The molecule has 6 rings (SSSR count). The first-order chi connectivity index (χ1) is 15.7. The molecule has 2 aliphatic rings. The van der Waals surface area contributed by atoms with Crippen LogP contribution in [-0.2, 0) is 13.0 Å². The van der Waals surface area contributed by atoms with Crippen LogP contribution >= 0.6 is 0 Å². The number of H-pyrrole nitrogens is 1. The molecule has 1 N–H and O–H groups in total. The zero-order valence-corrected chi connectivity index (χ0v) is 17.0. The zero-order valence-electron chi connectivity index (χ0n) is 17.0. The third-order valence-corrected chi connectivity index (χ3v) is 5.66. The Balaban J connectivity index is 1.25. The lowest BCUT2D eigenvalue weighted by Gasteiger charge is -2.26. The number of nitrogens with one attached hydrogen (secondary N) is 1. The first kappa shape index (κ1) is 18.6. The molecule has 0 radical (unpaired) electrons. The number of aromatic amines is 1. The second-order valence-electron chi connectivity index (χ2n) is 7.69. The molecule has 1 atom stereocenters. The Hall–Kier alpha value is -4.14. The third kappa shape index (κ3) is 3.27. The standard InChI is InChI=1S/C23H19N5O4/c29-23-27-21(30-12-17-13-31-22-20(32-17)2-1-6-24-22)9-19-18-4-3-14(16-10-25-26-11-16)8-15(18)5-7-28(19)23/h1-4,6,8-11,17H,5,7,12-13H2,(H,25,26). The van der Waals surface area contributed by atoms with Gasteiger partial charge in [0.25, 0.3) is 5.88 Å². The van der Waals surface area contributed by atoms with Gasteiger partial charge in [0.1, 0.15) is 13.2 Å². The van der Waals surface area contributed by atoms with Gasteiger partial charge in [-0.15, -0.1) is 0 Å². The van der Waals surface area contributed by atoms with Crippen molar-refractivity contribution in [1.29, 1.82) is 0 Å². The minimum Gasteiger partial charge on any atom is -0.478 e. The van der Waals surface area contributed by atoms with Crippen LogP contribution in [0.2, 0.25) is 0 Å². The maximum atomic E-state index is 12.7. The summed E-state index contributed by atoms with van der Waals surface area (Å²) in [6.45, 7) is 1.09. The highest BCUT2D eigenvalue weighted by molar-refractivity contribution is 5.73. The first-order valence-corrected chi connectivity index (χ1v) is 10.4. The molecule has 5 heterocycles. The van der Waals surface area contributed by atoms with E-state index in [1.54, 1.807) is 29.1 Å². The topological polar surface area (TPSA) is 104 Å². The van der Waals surface area contributed by atoms with Crippen LogP contribution in [-0.4, -0.2) is 44.1 Å². The molecular weight excluding hydrogens is 410 g/mol. The van der Waals surface area contributed by atoms with Crippen molar-refractivity contribution in [3.05, 3.63) is 71.0 Å². The Morgan fingerprint density at radius 3 is 3.09 bits per heavy atom. The van der Waals surface area contributed by atoms with E-state index in [0.29, 0.717) is 24.8 Å². The van der Waals surface area contributed by atoms with E-state index in [1.165, 1.54) is 5.56 Å². The van der Waals surface area contributed by atoms with E-state index in [2.05, 4.69) is 26.2 Å². The van der Waals surface area contributed by atoms with Crippen LogP contribution in [0.3, 0.4) is 0 Å². The fourth-order valence-electron chi connectivity index (χ4n) is 4.09. The minimum absolute atomic E-state index is 0.205. The molecule has 0 fully saturated rings. The molecule has 9 nitrogen and oxygen atoms in total. The largest absolute Gasteiger partial charge is 0.478 e. The van der Waals surface area contributed by atoms with E-state index in [-0.39, 0.29) is 24.3 Å². The van der Waals surface area contributed by atoms with Gasteiger partial charge in [-0.25, -0.2) is 9.78 Å². The number of hydrogen-bond acceptors (Lipinski definition) is 7. The molecule has 3 aromatic heterocycles. The summed E-state index contributed by atoms with van der Waals surface area (Å²) in [6, 6.07) is 11.6. The Morgan fingerprint density at radius 2 is 2.19 bits per heavy atom. The fourth-order valence-corrected chi connectivity index (χ4v) is 4.09. The van der Waals surface area contributed by atoms with Crippen LogP contribution in [0.15, 0.2) is 59.8 Å². The lowest BCUT2D eigenvalue weighted by molar-refractivity contribution is 0.0486. The van der Waals surface area contributed by atoms with Crippen molar-refractivity contribution >= 4 is 0 Å². The molecule has 0 spiro atoms. The number of pyridine rings is 1. The maximum Gasteiger partial charge on any atom is 0.351 e. The van der Waals surface area contributed by atoms with Crippen molar-refractivity contribution in [1.82, 2.24) is 24.7 Å². The fraction of sp³-hybridized carbons (Fsp3) is 0.217. The van der Waals surface area contributed by atoms with E-state index < -0.39 is 0 Å². The van der Waals surface area contributed by atoms with Gasteiger partial charge < -0.3 is 14.2 Å². The molecule has 0 aliphatic carbocycles. The number of aromatic nitrogens is 5. The van der Waals surface area contributed by atoms with Gasteiger partial charge in [-0.3, -0.25) is 9.67 Å². The van der Waals surface area contributed by atoms with Gasteiger partial charge in [-0.1, -0.05) is 18.2 Å². The summed E-state index contributed by atoms with van der Waals surface area (Å²) in [4.78, 5) is 20.9. The SMILES string of the molecule is O=c1nc(OCC2COc3ncccc3O2)cc2n1CCc1cc(-c3cn[nH]c3)ccc1-2. The van der Waals surface area contributed by atoms with E-state index in [9.17, 15) is 4.79 Å². The highest BCUT2D eigenvalue weighted by Gasteiger charge is 2.24. The predicted molar refractivity (Wildman–Crippen MR) is 115 cm³/mol. The average Bonchev–Trinajstić information content (AvgIpc) is 3.37. The average molecular weight is 429 g/mol. The van der Waals surface area contributed by atoms with Crippen molar-refractivity contribution in [2.24, 2.45) is 0 Å². The van der Waals surface area contributed by atoms with Crippen LogP contribution < -0.4 is 19.9 Å². The molecular formula is C23H19N5O4. The minimum atomic E-state index is -0.322. The van der Waals surface area contributed by atoms with Crippen LogP contribution in [0.5, 0.6) is 17.5 Å². The third-order valence-electron chi connectivity index (χ3n) is 5.66. The number of fused-ring (bicyclic) bond motifs is 4. The molecule has 0 saturated carbocycles. The Labute approximate surface area is 182 Å². The van der Waals surface area contributed by atoms with Crippen molar-refractivity contribution in [3.8, 4) is 39.9 Å². The lowest BCUT2D eigenvalue weighted by atomic mass is 9.94. The van der Waals surface area contributed by atoms with Gasteiger partial charge in [-0.2, -0.15) is 10.1 Å². The second kappa shape index (κ2) is 7.52.